The summed E-state index contributed by atoms with van der Waals surface area (Å²) in [6.45, 7) is 0.172. The number of carbonyl (C=O) groups excluding carboxylic acids is 4. The average Bonchev–Trinajstić information content (AvgIpc) is 2.42. The van der Waals surface area contributed by atoms with E-state index in [2.05, 4.69) is 16.0 Å². The number of hydrogen-bond acceptors (Lipinski definition) is 4. The largest absolute Gasteiger partial charge is 0.355 e. The third kappa shape index (κ3) is 7.50. The van der Waals surface area contributed by atoms with Crippen LogP contribution in [0.4, 0.5) is 0 Å². The molecule has 7 heteroatoms. The number of carbonyl (C=O) groups is 4. The molecule has 7 nitrogen and oxygen atoms in total. The SMILES string of the molecule is O=C1CCCCC(=O)NCC(=O)NCC(=O)NCCC1. The Bertz CT molecular complexity index is 350. The lowest BCUT2D eigenvalue weighted by molar-refractivity contribution is -0.127. The van der Waals surface area contributed by atoms with Crippen LogP contribution >= 0.6 is 0 Å². The first-order valence-electron chi connectivity index (χ1n) is 6.89. The molecule has 0 aromatic heterocycles. The van der Waals surface area contributed by atoms with Crippen molar-refractivity contribution in [1.29, 1.82) is 0 Å². The number of amides is 3. The number of ketones is 1. The maximum Gasteiger partial charge on any atom is 0.239 e. The number of rotatable bonds is 0. The minimum Gasteiger partial charge on any atom is -0.355 e. The van der Waals surface area contributed by atoms with Gasteiger partial charge in [0.15, 0.2) is 0 Å². The van der Waals surface area contributed by atoms with Crippen molar-refractivity contribution in [3.63, 3.8) is 0 Å². The highest BCUT2D eigenvalue weighted by Gasteiger charge is 2.09. The fraction of sp³-hybridized carbons (Fsp3) is 0.692. The maximum absolute atomic E-state index is 11.5. The van der Waals surface area contributed by atoms with Gasteiger partial charge in [0.05, 0.1) is 13.1 Å². The third-order valence-corrected chi connectivity index (χ3v) is 2.96. The van der Waals surface area contributed by atoms with E-state index >= 15 is 0 Å². The normalized spacial score (nSPS) is 20.8. The van der Waals surface area contributed by atoms with Crippen LogP contribution in [0.25, 0.3) is 0 Å². The second-order valence-electron chi connectivity index (χ2n) is 4.75. The van der Waals surface area contributed by atoms with E-state index < -0.39 is 5.91 Å². The second-order valence-corrected chi connectivity index (χ2v) is 4.75. The molecular weight excluding hydrogens is 262 g/mol. The zero-order valence-electron chi connectivity index (χ0n) is 11.5. The van der Waals surface area contributed by atoms with Crippen LogP contribution in [0.1, 0.15) is 38.5 Å². The Kier molecular flexibility index (Phi) is 7.31. The van der Waals surface area contributed by atoms with Gasteiger partial charge in [-0.25, -0.2) is 0 Å². The van der Waals surface area contributed by atoms with Crippen LogP contribution in [0.15, 0.2) is 0 Å². The molecule has 0 saturated carbocycles. The van der Waals surface area contributed by atoms with Crippen molar-refractivity contribution in [2.45, 2.75) is 38.5 Å². The van der Waals surface area contributed by atoms with Gasteiger partial charge in [0.25, 0.3) is 0 Å². The molecule has 3 amide bonds. The van der Waals surface area contributed by atoms with Gasteiger partial charge in [-0.15, -0.1) is 0 Å². The second kappa shape index (κ2) is 9.06. The lowest BCUT2D eigenvalue weighted by Crippen LogP contribution is -2.42. The lowest BCUT2D eigenvalue weighted by atomic mass is 10.1. The molecule has 0 atom stereocenters. The number of Topliss-reactive ketones (excluding diaryl/α,β-unsaturated/α-hetero) is 1. The Morgan fingerprint density at radius 3 is 1.90 bits per heavy atom. The van der Waals surface area contributed by atoms with Gasteiger partial charge in [-0.2, -0.15) is 0 Å². The number of nitrogens with one attached hydrogen (secondary N) is 3. The van der Waals surface area contributed by atoms with Crippen molar-refractivity contribution in [2.24, 2.45) is 0 Å². The monoisotopic (exact) mass is 283 g/mol. The molecule has 1 saturated heterocycles. The Balaban J connectivity index is 2.42. The van der Waals surface area contributed by atoms with Gasteiger partial charge in [-0.3, -0.25) is 19.2 Å². The Hall–Kier alpha value is -1.92. The molecule has 1 aliphatic rings. The van der Waals surface area contributed by atoms with Gasteiger partial charge in [-0.05, 0) is 19.3 Å². The molecule has 20 heavy (non-hydrogen) atoms. The molecule has 112 valence electrons. The highest BCUT2D eigenvalue weighted by Crippen LogP contribution is 2.04. The summed E-state index contributed by atoms with van der Waals surface area (Å²) in [5.41, 5.74) is 0. The fourth-order valence-corrected chi connectivity index (χ4v) is 1.82. The summed E-state index contributed by atoms with van der Waals surface area (Å²) < 4.78 is 0. The molecule has 1 rings (SSSR count). The molecule has 1 aliphatic heterocycles. The minimum atomic E-state index is -0.393. The summed E-state index contributed by atoms with van der Waals surface area (Å²) in [6.07, 6.45) is 3.10. The summed E-state index contributed by atoms with van der Waals surface area (Å²) in [4.78, 5) is 45.7. The smallest absolute Gasteiger partial charge is 0.239 e. The van der Waals surface area contributed by atoms with Crippen molar-refractivity contribution in [2.75, 3.05) is 19.6 Å². The molecule has 0 spiro atoms. The molecule has 1 heterocycles. The van der Waals surface area contributed by atoms with E-state index in [9.17, 15) is 19.2 Å². The maximum atomic E-state index is 11.5. The van der Waals surface area contributed by atoms with Crippen LogP contribution in [0, 0.1) is 0 Å². The fourth-order valence-electron chi connectivity index (χ4n) is 1.82. The van der Waals surface area contributed by atoms with Crippen LogP contribution in [0.3, 0.4) is 0 Å². The molecular formula is C13H21N3O4. The first-order valence-corrected chi connectivity index (χ1v) is 6.89. The predicted molar refractivity (Wildman–Crippen MR) is 71.7 cm³/mol. The quantitative estimate of drug-likeness (QED) is 0.544. The van der Waals surface area contributed by atoms with E-state index in [-0.39, 0.29) is 30.7 Å². The van der Waals surface area contributed by atoms with Gasteiger partial charge in [-0.1, -0.05) is 0 Å². The summed E-state index contributed by atoms with van der Waals surface area (Å²) in [7, 11) is 0. The zero-order valence-corrected chi connectivity index (χ0v) is 11.5. The van der Waals surface area contributed by atoms with Crippen molar-refractivity contribution in [1.82, 2.24) is 16.0 Å². The van der Waals surface area contributed by atoms with E-state index in [4.69, 9.17) is 0 Å². The first-order chi connectivity index (χ1) is 9.58. The van der Waals surface area contributed by atoms with Gasteiger partial charge >= 0.3 is 0 Å². The van der Waals surface area contributed by atoms with Crippen molar-refractivity contribution in [3.05, 3.63) is 0 Å². The van der Waals surface area contributed by atoms with E-state index in [1.165, 1.54) is 0 Å². The van der Waals surface area contributed by atoms with Crippen LogP contribution < -0.4 is 16.0 Å². The molecule has 0 aromatic rings. The Morgan fingerprint density at radius 1 is 0.600 bits per heavy atom. The van der Waals surface area contributed by atoms with Gasteiger partial charge in [0.2, 0.25) is 17.7 Å². The van der Waals surface area contributed by atoms with Crippen LogP contribution in [-0.4, -0.2) is 43.1 Å². The molecule has 1 fully saturated rings. The Labute approximate surface area is 117 Å². The van der Waals surface area contributed by atoms with Crippen molar-refractivity contribution >= 4 is 23.5 Å². The molecule has 0 unspecified atom stereocenters. The van der Waals surface area contributed by atoms with Crippen molar-refractivity contribution in [3.8, 4) is 0 Å². The standard InChI is InChI=1S/C13H21N3O4/c17-10-4-1-2-6-11(18)15-9-13(20)16-8-12(19)14-7-3-5-10/h1-9H2,(H,14,19)(H,15,18)(H,16,20). The summed E-state index contributed by atoms with van der Waals surface area (Å²) in [5, 5.41) is 7.50. The van der Waals surface area contributed by atoms with Gasteiger partial charge in [0, 0.05) is 25.8 Å². The topological polar surface area (TPSA) is 104 Å². The highest BCUT2D eigenvalue weighted by molar-refractivity contribution is 5.88. The van der Waals surface area contributed by atoms with E-state index in [0.29, 0.717) is 45.1 Å². The lowest BCUT2D eigenvalue weighted by Gasteiger charge is -2.09. The molecule has 0 aromatic carbocycles. The highest BCUT2D eigenvalue weighted by atomic mass is 16.2. The summed E-state index contributed by atoms with van der Waals surface area (Å²) >= 11 is 0. The average molecular weight is 283 g/mol. The van der Waals surface area contributed by atoms with Crippen LogP contribution in [0.2, 0.25) is 0 Å². The predicted octanol–water partition coefficient (Wildman–Crippen LogP) is -0.742. The van der Waals surface area contributed by atoms with E-state index in [1.807, 2.05) is 0 Å². The summed E-state index contributed by atoms with van der Waals surface area (Å²) in [5.74, 6) is -0.760. The van der Waals surface area contributed by atoms with Gasteiger partial charge < -0.3 is 16.0 Å². The van der Waals surface area contributed by atoms with Crippen LogP contribution in [-0.2, 0) is 19.2 Å². The summed E-state index contributed by atoms with van der Waals surface area (Å²) in [6, 6.07) is 0. The molecule has 0 bridgehead atoms. The minimum absolute atomic E-state index is 0.122. The zero-order chi connectivity index (χ0) is 14.8. The van der Waals surface area contributed by atoms with E-state index in [1.54, 1.807) is 0 Å². The molecule has 0 aliphatic carbocycles. The third-order valence-electron chi connectivity index (χ3n) is 2.96. The van der Waals surface area contributed by atoms with Gasteiger partial charge in [0.1, 0.15) is 5.78 Å². The molecule has 3 N–H and O–H groups in total. The number of hydrogen-bond donors (Lipinski definition) is 3. The van der Waals surface area contributed by atoms with Crippen LogP contribution in [0.5, 0.6) is 0 Å². The molecule has 0 radical (unpaired) electrons. The van der Waals surface area contributed by atoms with Crippen molar-refractivity contribution < 1.29 is 19.2 Å². The first kappa shape index (κ1) is 16.1. The Morgan fingerprint density at radius 2 is 1.15 bits per heavy atom. The van der Waals surface area contributed by atoms with E-state index in [0.717, 1.165) is 0 Å².